The van der Waals surface area contributed by atoms with Crippen molar-refractivity contribution in [1.29, 1.82) is 0 Å². The Morgan fingerprint density at radius 2 is 2.05 bits per heavy atom. The van der Waals surface area contributed by atoms with Crippen LogP contribution in [0.2, 0.25) is 0 Å². The minimum Gasteiger partial charge on any atom is -0.310 e. The van der Waals surface area contributed by atoms with E-state index in [9.17, 15) is 0 Å². The molecule has 112 valence electrons. The Hall–Kier alpha value is -1.41. The van der Waals surface area contributed by atoms with Gasteiger partial charge >= 0.3 is 0 Å². The Morgan fingerprint density at radius 3 is 2.86 bits per heavy atom. The maximum atomic E-state index is 4.44. The van der Waals surface area contributed by atoms with Gasteiger partial charge in [0.05, 0.1) is 5.52 Å². The van der Waals surface area contributed by atoms with Gasteiger partial charge in [0.2, 0.25) is 0 Å². The van der Waals surface area contributed by atoms with Crippen molar-refractivity contribution < 1.29 is 0 Å². The van der Waals surface area contributed by atoms with E-state index < -0.39 is 0 Å². The second-order valence-corrected chi connectivity index (χ2v) is 6.29. The van der Waals surface area contributed by atoms with E-state index in [0.717, 1.165) is 18.0 Å². The van der Waals surface area contributed by atoms with Crippen LogP contribution >= 0.6 is 0 Å². The van der Waals surface area contributed by atoms with Gasteiger partial charge in [-0.25, -0.2) is 0 Å². The molecule has 3 rings (SSSR count). The molecule has 0 spiro atoms. The molecule has 1 fully saturated rings. The van der Waals surface area contributed by atoms with E-state index in [-0.39, 0.29) is 0 Å². The van der Waals surface area contributed by atoms with Crippen molar-refractivity contribution in [3.63, 3.8) is 0 Å². The second kappa shape index (κ2) is 7.04. The average Bonchev–Trinajstić information content (AvgIpc) is 2.56. The number of hydrogen-bond acceptors (Lipinski definition) is 2. The van der Waals surface area contributed by atoms with Crippen molar-refractivity contribution in [3.05, 3.63) is 42.1 Å². The number of aromatic nitrogens is 1. The SMILES string of the molecule is CCCNC(c1ccc2ncccc2c1)C1CCCCC1. The lowest BCUT2D eigenvalue weighted by molar-refractivity contribution is 0.272. The molecule has 1 aromatic carbocycles. The molecule has 2 nitrogen and oxygen atoms in total. The molecular formula is C19H26N2. The summed E-state index contributed by atoms with van der Waals surface area (Å²) in [5, 5.41) is 5.06. The molecule has 21 heavy (non-hydrogen) atoms. The van der Waals surface area contributed by atoms with Gasteiger partial charge in [-0.15, -0.1) is 0 Å². The molecule has 1 saturated carbocycles. The molecule has 1 aliphatic rings. The Labute approximate surface area is 128 Å². The zero-order valence-electron chi connectivity index (χ0n) is 13.0. The van der Waals surface area contributed by atoms with Crippen LogP contribution in [-0.4, -0.2) is 11.5 Å². The summed E-state index contributed by atoms with van der Waals surface area (Å²) in [5.74, 6) is 0.791. The van der Waals surface area contributed by atoms with Crippen LogP contribution in [0.25, 0.3) is 10.9 Å². The minimum absolute atomic E-state index is 0.509. The Bertz CT molecular complexity index is 573. The highest BCUT2D eigenvalue weighted by molar-refractivity contribution is 5.79. The van der Waals surface area contributed by atoms with E-state index in [0.29, 0.717) is 6.04 Å². The van der Waals surface area contributed by atoms with Crippen molar-refractivity contribution in [1.82, 2.24) is 10.3 Å². The normalized spacial score (nSPS) is 18.0. The molecule has 1 aromatic heterocycles. The van der Waals surface area contributed by atoms with E-state index in [1.54, 1.807) is 0 Å². The van der Waals surface area contributed by atoms with Crippen LogP contribution in [-0.2, 0) is 0 Å². The van der Waals surface area contributed by atoms with Gasteiger partial charge in [-0.05, 0) is 55.5 Å². The first-order valence-corrected chi connectivity index (χ1v) is 8.46. The molecule has 0 radical (unpaired) electrons. The maximum Gasteiger partial charge on any atom is 0.0702 e. The predicted molar refractivity (Wildman–Crippen MR) is 89.4 cm³/mol. The van der Waals surface area contributed by atoms with Crippen LogP contribution in [0.5, 0.6) is 0 Å². The van der Waals surface area contributed by atoms with E-state index >= 15 is 0 Å². The first-order chi connectivity index (χ1) is 10.4. The molecule has 2 aromatic rings. The third-order valence-corrected chi connectivity index (χ3v) is 4.72. The summed E-state index contributed by atoms with van der Waals surface area (Å²) in [6, 6.07) is 11.5. The number of pyridine rings is 1. The fraction of sp³-hybridized carbons (Fsp3) is 0.526. The molecule has 0 amide bonds. The van der Waals surface area contributed by atoms with Crippen LogP contribution in [0.3, 0.4) is 0 Å². The number of benzene rings is 1. The van der Waals surface area contributed by atoms with Crippen molar-refractivity contribution in [2.24, 2.45) is 5.92 Å². The van der Waals surface area contributed by atoms with Crippen LogP contribution in [0.1, 0.15) is 57.1 Å². The van der Waals surface area contributed by atoms with Crippen molar-refractivity contribution >= 4 is 10.9 Å². The first-order valence-electron chi connectivity index (χ1n) is 8.46. The van der Waals surface area contributed by atoms with E-state index in [1.807, 2.05) is 12.3 Å². The van der Waals surface area contributed by atoms with Gasteiger partial charge < -0.3 is 5.32 Å². The van der Waals surface area contributed by atoms with Crippen LogP contribution in [0, 0.1) is 5.92 Å². The predicted octanol–water partition coefficient (Wildman–Crippen LogP) is 4.86. The summed E-state index contributed by atoms with van der Waals surface area (Å²) in [7, 11) is 0. The van der Waals surface area contributed by atoms with Gasteiger partial charge in [0.15, 0.2) is 0 Å². The zero-order valence-corrected chi connectivity index (χ0v) is 13.0. The number of fused-ring (bicyclic) bond motifs is 1. The highest BCUT2D eigenvalue weighted by atomic mass is 14.9. The lowest BCUT2D eigenvalue weighted by Crippen LogP contribution is -2.30. The highest BCUT2D eigenvalue weighted by Gasteiger charge is 2.24. The zero-order chi connectivity index (χ0) is 14.5. The molecular weight excluding hydrogens is 256 g/mol. The molecule has 1 N–H and O–H groups in total. The molecule has 0 saturated heterocycles. The average molecular weight is 282 g/mol. The highest BCUT2D eigenvalue weighted by Crippen LogP contribution is 2.35. The number of nitrogens with one attached hydrogen (secondary N) is 1. The van der Waals surface area contributed by atoms with Crippen LogP contribution in [0.4, 0.5) is 0 Å². The summed E-state index contributed by atoms with van der Waals surface area (Å²) in [6.45, 7) is 3.35. The summed E-state index contributed by atoms with van der Waals surface area (Å²) < 4.78 is 0. The second-order valence-electron chi connectivity index (χ2n) is 6.29. The van der Waals surface area contributed by atoms with E-state index in [1.165, 1.54) is 49.5 Å². The fourth-order valence-electron chi connectivity index (χ4n) is 3.61. The lowest BCUT2D eigenvalue weighted by atomic mass is 9.81. The summed E-state index contributed by atoms with van der Waals surface area (Å²) >= 11 is 0. The smallest absolute Gasteiger partial charge is 0.0702 e. The van der Waals surface area contributed by atoms with E-state index in [2.05, 4.69) is 41.5 Å². The van der Waals surface area contributed by atoms with Gasteiger partial charge in [-0.2, -0.15) is 0 Å². The number of hydrogen-bond donors (Lipinski definition) is 1. The molecule has 1 unspecified atom stereocenters. The van der Waals surface area contributed by atoms with E-state index in [4.69, 9.17) is 0 Å². The summed E-state index contributed by atoms with van der Waals surface area (Å²) in [6.07, 6.45) is 10.0. The number of nitrogens with zero attached hydrogens (tertiary/aromatic N) is 1. The van der Waals surface area contributed by atoms with Gasteiger partial charge in [-0.3, -0.25) is 4.98 Å². The quantitative estimate of drug-likeness (QED) is 0.847. The third-order valence-electron chi connectivity index (χ3n) is 4.72. The molecule has 1 atom stereocenters. The summed E-state index contributed by atoms with van der Waals surface area (Å²) in [5.41, 5.74) is 2.54. The van der Waals surface area contributed by atoms with Gasteiger partial charge in [0.25, 0.3) is 0 Å². The Kier molecular flexibility index (Phi) is 4.87. The Morgan fingerprint density at radius 1 is 1.19 bits per heavy atom. The van der Waals surface area contributed by atoms with Crippen molar-refractivity contribution in [3.8, 4) is 0 Å². The molecule has 1 aliphatic carbocycles. The summed E-state index contributed by atoms with van der Waals surface area (Å²) in [4.78, 5) is 4.44. The Balaban J connectivity index is 1.88. The van der Waals surface area contributed by atoms with Gasteiger partial charge in [-0.1, -0.05) is 38.3 Å². The van der Waals surface area contributed by atoms with Crippen molar-refractivity contribution in [2.45, 2.75) is 51.5 Å². The standard InChI is InChI=1S/C19H26N2/c1-2-12-21-19(15-7-4-3-5-8-15)17-10-11-18-16(14-17)9-6-13-20-18/h6,9-11,13-15,19,21H,2-5,7-8,12H2,1H3. The van der Waals surface area contributed by atoms with Gasteiger partial charge in [0, 0.05) is 17.6 Å². The molecule has 2 heteroatoms. The largest absolute Gasteiger partial charge is 0.310 e. The number of rotatable bonds is 5. The van der Waals surface area contributed by atoms with Crippen molar-refractivity contribution in [2.75, 3.05) is 6.54 Å². The minimum atomic E-state index is 0.509. The molecule has 1 heterocycles. The molecule has 0 bridgehead atoms. The monoisotopic (exact) mass is 282 g/mol. The maximum absolute atomic E-state index is 4.44. The topological polar surface area (TPSA) is 24.9 Å². The third kappa shape index (κ3) is 3.44. The molecule has 0 aliphatic heterocycles. The fourth-order valence-corrected chi connectivity index (χ4v) is 3.61. The van der Waals surface area contributed by atoms with Crippen LogP contribution < -0.4 is 5.32 Å². The lowest BCUT2D eigenvalue weighted by Gasteiger charge is -2.31. The first kappa shape index (κ1) is 14.5. The van der Waals surface area contributed by atoms with Crippen LogP contribution in [0.15, 0.2) is 36.5 Å². The van der Waals surface area contributed by atoms with Gasteiger partial charge in [0.1, 0.15) is 0 Å².